The zero-order valence-electron chi connectivity index (χ0n) is 17.1. The van der Waals surface area contributed by atoms with Crippen LogP contribution in [-0.4, -0.2) is 46.9 Å². The van der Waals surface area contributed by atoms with E-state index in [1.165, 1.54) is 0 Å². The van der Waals surface area contributed by atoms with E-state index in [-0.39, 0.29) is 29.0 Å². The first-order valence-electron chi connectivity index (χ1n) is 9.67. The van der Waals surface area contributed by atoms with Crippen LogP contribution in [0.3, 0.4) is 0 Å². The van der Waals surface area contributed by atoms with E-state index in [9.17, 15) is 13.2 Å². The number of ether oxygens (including phenoxy) is 2. The summed E-state index contributed by atoms with van der Waals surface area (Å²) in [7, 11) is -0.608. The highest BCUT2D eigenvalue weighted by atomic mass is 32.2. The molecule has 4 rings (SSSR count). The van der Waals surface area contributed by atoms with Crippen molar-refractivity contribution in [3.8, 4) is 11.5 Å². The molecule has 2 aromatic carbocycles. The summed E-state index contributed by atoms with van der Waals surface area (Å²) in [6, 6.07) is 8.94. The lowest BCUT2D eigenvalue weighted by Gasteiger charge is -2.29. The number of carbonyl (C=O) groups is 1. The van der Waals surface area contributed by atoms with Crippen LogP contribution in [-0.2, 0) is 27.7 Å². The van der Waals surface area contributed by atoms with Crippen LogP contribution in [0, 0.1) is 0 Å². The first kappa shape index (κ1) is 21.0. The van der Waals surface area contributed by atoms with Gasteiger partial charge in [0.2, 0.25) is 15.9 Å². The van der Waals surface area contributed by atoms with Crippen molar-refractivity contribution in [3.63, 3.8) is 0 Å². The number of thioether (sulfide) groups is 1. The lowest BCUT2D eigenvalue weighted by molar-refractivity contribution is -0.117. The molecule has 160 valence electrons. The van der Waals surface area contributed by atoms with Gasteiger partial charge in [0.15, 0.2) is 11.5 Å². The Morgan fingerprint density at radius 3 is 2.67 bits per heavy atom. The molecular formula is C21H24N2O5S2. The summed E-state index contributed by atoms with van der Waals surface area (Å²) >= 11 is 1.68. The molecule has 30 heavy (non-hydrogen) atoms. The molecular weight excluding hydrogens is 424 g/mol. The molecule has 0 fully saturated rings. The minimum Gasteiger partial charge on any atom is -0.493 e. The molecule has 2 aromatic rings. The van der Waals surface area contributed by atoms with Crippen LogP contribution in [0.5, 0.6) is 11.5 Å². The number of anilines is 1. The van der Waals surface area contributed by atoms with E-state index < -0.39 is 10.0 Å². The highest BCUT2D eigenvalue weighted by molar-refractivity contribution is 8.00. The average molecular weight is 449 g/mol. The summed E-state index contributed by atoms with van der Waals surface area (Å²) in [6.07, 6.45) is 0.626. The van der Waals surface area contributed by atoms with E-state index in [0.717, 1.165) is 16.1 Å². The van der Waals surface area contributed by atoms with E-state index in [1.807, 2.05) is 18.2 Å². The lowest BCUT2D eigenvalue weighted by atomic mass is 10.1. The number of hydrogen-bond donors (Lipinski definition) is 1. The Bertz CT molecular complexity index is 1100. The SMILES string of the molecule is COc1ccc(CCNS(=O)(=O)c2ccc3c4c2CC(=O)N4CC(C)S3)cc1OC. The zero-order chi connectivity index (χ0) is 21.5. The maximum atomic E-state index is 13.0. The second-order valence-electron chi connectivity index (χ2n) is 7.34. The molecule has 2 heterocycles. The van der Waals surface area contributed by atoms with Crippen molar-refractivity contribution in [2.75, 3.05) is 32.2 Å². The van der Waals surface area contributed by atoms with Crippen LogP contribution in [0.1, 0.15) is 18.1 Å². The molecule has 7 nitrogen and oxygen atoms in total. The Hall–Kier alpha value is -2.23. The van der Waals surface area contributed by atoms with Gasteiger partial charge in [0, 0.05) is 28.8 Å². The zero-order valence-corrected chi connectivity index (χ0v) is 18.7. The van der Waals surface area contributed by atoms with Crippen LogP contribution in [0.15, 0.2) is 40.1 Å². The molecule has 1 atom stereocenters. The predicted octanol–water partition coefficient (Wildman–Crippen LogP) is 2.61. The van der Waals surface area contributed by atoms with E-state index in [1.54, 1.807) is 43.0 Å². The maximum Gasteiger partial charge on any atom is 0.240 e. The fourth-order valence-electron chi connectivity index (χ4n) is 3.93. The van der Waals surface area contributed by atoms with Gasteiger partial charge in [0.05, 0.1) is 31.2 Å². The average Bonchev–Trinajstić information content (AvgIpc) is 3.04. The fraction of sp³-hybridized carbons (Fsp3) is 0.381. The number of nitrogens with zero attached hydrogens (tertiary/aromatic N) is 1. The first-order chi connectivity index (χ1) is 14.3. The molecule has 9 heteroatoms. The molecule has 0 radical (unpaired) electrons. The van der Waals surface area contributed by atoms with Gasteiger partial charge in [-0.05, 0) is 36.2 Å². The normalized spacial score (nSPS) is 17.8. The number of hydrogen-bond acceptors (Lipinski definition) is 6. The van der Waals surface area contributed by atoms with E-state index in [0.29, 0.717) is 30.0 Å². The Balaban J connectivity index is 1.53. The minimum absolute atomic E-state index is 0.0358. The largest absolute Gasteiger partial charge is 0.493 e. The summed E-state index contributed by atoms with van der Waals surface area (Å²) < 4.78 is 39.2. The van der Waals surface area contributed by atoms with E-state index >= 15 is 0 Å². The van der Waals surface area contributed by atoms with Crippen molar-refractivity contribution in [1.82, 2.24) is 4.72 Å². The Morgan fingerprint density at radius 1 is 1.17 bits per heavy atom. The van der Waals surface area contributed by atoms with Gasteiger partial charge in [0.25, 0.3) is 0 Å². The van der Waals surface area contributed by atoms with Gasteiger partial charge < -0.3 is 14.4 Å². The number of amides is 1. The van der Waals surface area contributed by atoms with E-state index in [4.69, 9.17) is 9.47 Å². The Labute approximate surface area is 180 Å². The van der Waals surface area contributed by atoms with Gasteiger partial charge >= 0.3 is 0 Å². The number of sulfonamides is 1. The smallest absolute Gasteiger partial charge is 0.240 e. The summed E-state index contributed by atoms with van der Waals surface area (Å²) in [4.78, 5) is 15.4. The third-order valence-corrected chi connectivity index (χ3v) is 7.99. The summed E-state index contributed by atoms with van der Waals surface area (Å²) in [5.41, 5.74) is 2.30. The van der Waals surface area contributed by atoms with Crippen molar-refractivity contribution < 1.29 is 22.7 Å². The van der Waals surface area contributed by atoms with Crippen LogP contribution in [0.25, 0.3) is 0 Å². The second kappa shape index (κ2) is 8.13. The lowest BCUT2D eigenvalue weighted by Crippen LogP contribution is -2.35. The molecule has 2 aliphatic heterocycles. The van der Waals surface area contributed by atoms with Gasteiger partial charge in [-0.15, -0.1) is 11.8 Å². The highest BCUT2D eigenvalue weighted by Gasteiger charge is 2.38. The van der Waals surface area contributed by atoms with Crippen molar-refractivity contribution >= 4 is 33.4 Å². The van der Waals surface area contributed by atoms with Crippen LogP contribution in [0.2, 0.25) is 0 Å². The Kier molecular flexibility index (Phi) is 5.69. The quantitative estimate of drug-likeness (QED) is 0.701. The van der Waals surface area contributed by atoms with Crippen LogP contribution < -0.4 is 19.1 Å². The third kappa shape index (κ3) is 3.77. The molecule has 2 aliphatic rings. The fourth-order valence-corrected chi connectivity index (χ4v) is 6.34. The summed E-state index contributed by atoms with van der Waals surface area (Å²) in [6.45, 7) is 2.91. The molecule has 1 unspecified atom stereocenters. The van der Waals surface area contributed by atoms with Gasteiger partial charge in [-0.25, -0.2) is 13.1 Å². The topological polar surface area (TPSA) is 84.9 Å². The van der Waals surface area contributed by atoms with Gasteiger partial charge in [0.1, 0.15) is 0 Å². The van der Waals surface area contributed by atoms with Crippen molar-refractivity contribution in [2.45, 2.75) is 34.8 Å². The van der Waals surface area contributed by atoms with Crippen molar-refractivity contribution in [2.24, 2.45) is 0 Å². The highest BCUT2D eigenvalue weighted by Crippen LogP contribution is 2.46. The number of methoxy groups -OCH3 is 2. The van der Waals surface area contributed by atoms with Crippen LogP contribution >= 0.6 is 11.8 Å². The Morgan fingerprint density at radius 2 is 1.93 bits per heavy atom. The number of rotatable bonds is 7. The molecule has 0 aliphatic carbocycles. The first-order valence-corrected chi connectivity index (χ1v) is 12.0. The molecule has 1 N–H and O–H groups in total. The van der Waals surface area contributed by atoms with Crippen LogP contribution in [0.4, 0.5) is 5.69 Å². The molecule has 0 saturated heterocycles. The third-order valence-electron chi connectivity index (χ3n) is 5.31. The number of nitrogens with one attached hydrogen (secondary N) is 1. The molecule has 0 bridgehead atoms. The second-order valence-corrected chi connectivity index (χ2v) is 10.6. The summed E-state index contributed by atoms with van der Waals surface area (Å²) in [5.74, 6) is 1.19. The van der Waals surface area contributed by atoms with Crippen molar-refractivity contribution in [1.29, 1.82) is 0 Å². The molecule has 1 amide bonds. The monoisotopic (exact) mass is 448 g/mol. The predicted molar refractivity (Wildman–Crippen MR) is 116 cm³/mol. The standard InChI is InChI=1S/C21H24N2O5S2/c1-13-12-23-20(24)11-15-19(7-6-18(29-13)21(15)23)30(25,26)22-9-8-14-4-5-16(27-2)17(10-14)28-3/h4-7,10,13,22H,8-9,11-12H2,1-3H3. The molecule has 0 spiro atoms. The van der Waals surface area contributed by atoms with Crippen molar-refractivity contribution in [3.05, 3.63) is 41.5 Å². The van der Waals surface area contributed by atoms with Gasteiger partial charge in [-0.3, -0.25) is 4.79 Å². The minimum atomic E-state index is -3.74. The van der Waals surface area contributed by atoms with E-state index in [2.05, 4.69) is 11.6 Å². The molecule has 0 saturated carbocycles. The number of carbonyl (C=O) groups excluding carboxylic acids is 1. The maximum absolute atomic E-state index is 13.0. The molecule has 0 aromatic heterocycles. The number of benzene rings is 2. The summed E-state index contributed by atoms with van der Waals surface area (Å²) in [5, 5.41) is 0.287. The van der Waals surface area contributed by atoms with Gasteiger partial charge in [-0.2, -0.15) is 0 Å². The van der Waals surface area contributed by atoms with Gasteiger partial charge in [-0.1, -0.05) is 13.0 Å².